The van der Waals surface area contributed by atoms with Crippen LogP contribution in [0.1, 0.15) is 5.56 Å². The van der Waals surface area contributed by atoms with Crippen molar-refractivity contribution in [2.75, 3.05) is 30.4 Å². The van der Waals surface area contributed by atoms with Gasteiger partial charge in [0.15, 0.2) is 0 Å². The molecule has 0 saturated carbocycles. The molecule has 154 valence electrons. The molecular weight excluding hydrogens is 404 g/mol. The van der Waals surface area contributed by atoms with Gasteiger partial charge in [-0.15, -0.1) is 8.78 Å². The number of aliphatic hydroxyl groups excluding tert-OH is 1. The molecule has 3 aromatic rings. The smallest absolute Gasteiger partial charge is 0.420 e. The molecule has 0 unspecified atom stereocenters. The van der Waals surface area contributed by atoms with Crippen LogP contribution in [0.4, 0.5) is 20.3 Å². The van der Waals surface area contributed by atoms with E-state index >= 15 is 0 Å². The zero-order valence-corrected chi connectivity index (χ0v) is 16.3. The van der Waals surface area contributed by atoms with Crippen LogP contribution in [0.5, 0.6) is 5.75 Å². The Morgan fingerprint density at radius 1 is 1.28 bits per heavy atom. The molecule has 0 aliphatic rings. The van der Waals surface area contributed by atoms with Crippen molar-refractivity contribution in [2.45, 2.75) is 12.1 Å². The van der Waals surface area contributed by atoms with Crippen LogP contribution < -0.4 is 15.0 Å². The fraction of sp³-hybridized carbons (Fsp3) is 0.263. The van der Waals surface area contributed by atoms with Gasteiger partial charge in [0.1, 0.15) is 11.6 Å². The average molecular weight is 424 g/mol. The van der Waals surface area contributed by atoms with Crippen LogP contribution in [-0.4, -0.2) is 46.1 Å². The second kappa shape index (κ2) is 9.06. The van der Waals surface area contributed by atoms with Crippen LogP contribution >= 0.6 is 11.6 Å². The standard InChI is InChI=1S/C19H20ClF2N5O2/c1-27(8-9-28)18-16(17-6-7-25-26-17)10-13(12-24-18)11-23-14-2-4-15(5-3-14)29-19(20,21)22/h2-7,10,12,23,28H,8-9,11H2,1H3,(H,25,26). The number of benzene rings is 1. The van der Waals surface area contributed by atoms with Crippen LogP contribution in [0.15, 0.2) is 48.8 Å². The zero-order chi connectivity index (χ0) is 20.9. The fourth-order valence-corrected chi connectivity index (χ4v) is 2.83. The van der Waals surface area contributed by atoms with Crippen LogP contribution in [-0.2, 0) is 6.54 Å². The molecule has 0 saturated heterocycles. The first kappa shape index (κ1) is 20.8. The van der Waals surface area contributed by atoms with Gasteiger partial charge in [-0.2, -0.15) is 5.10 Å². The van der Waals surface area contributed by atoms with Gasteiger partial charge in [-0.05, 0) is 42.0 Å². The Labute approximate surface area is 171 Å². The molecule has 3 N–H and O–H groups in total. The molecule has 2 aromatic heterocycles. The summed E-state index contributed by atoms with van der Waals surface area (Å²) in [5.74, 6) is 0.686. The summed E-state index contributed by atoms with van der Waals surface area (Å²) in [5, 5.41) is 19.3. The summed E-state index contributed by atoms with van der Waals surface area (Å²) in [6.45, 7) is 0.921. The van der Waals surface area contributed by atoms with E-state index in [1.807, 2.05) is 24.1 Å². The molecule has 1 aromatic carbocycles. The van der Waals surface area contributed by atoms with E-state index in [0.717, 1.165) is 28.3 Å². The quantitative estimate of drug-likeness (QED) is 0.455. The molecule has 29 heavy (non-hydrogen) atoms. The van der Waals surface area contributed by atoms with Crippen molar-refractivity contribution in [3.63, 3.8) is 0 Å². The molecule has 0 aliphatic carbocycles. The van der Waals surface area contributed by atoms with Gasteiger partial charge >= 0.3 is 5.57 Å². The van der Waals surface area contributed by atoms with Crippen molar-refractivity contribution in [3.05, 3.63) is 54.4 Å². The van der Waals surface area contributed by atoms with Gasteiger partial charge in [0.2, 0.25) is 0 Å². The van der Waals surface area contributed by atoms with E-state index in [9.17, 15) is 13.9 Å². The number of aromatic amines is 1. The lowest BCUT2D eigenvalue weighted by Gasteiger charge is -2.20. The number of ether oxygens (including phenoxy) is 1. The zero-order valence-electron chi connectivity index (χ0n) is 15.6. The number of alkyl halides is 3. The molecular formula is C19H20ClF2N5O2. The maximum absolute atomic E-state index is 12.7. The van der Waals surface area contributed by atoms with Gasteiger partial charge in [0.25, 0.3) is 0 Å². The summed E-state index contributed by atoms with van der Waals surface area (Å²) in [4.78, 5) is 6.39. The highest BCUT2D eigenvalue weighted by molar-refractivity contribution is 6.20. The largest absolute Gasteiger partial charge is 0.487 e. The van der Waals surface area contributed by atoms with Gasteiger partial charge < -0.3 is 20.1 Å². The second-order valence-corrected chi connectivity index (χ2v) is 6.70. The number of aliphatic hydroxyl groups is 1. The van der Waals surface area contributed by atoms with Gasteiger partial charge in [0, 0.05) is 55.4 Å². The minimum atomic E-state index is -3.74. The number of anilines is 2. The first-order valence-corrected chi connectivity index (χ1v) is 9.14. The third-order valence-corrected chi connectivity index (χ3v) is 4.17. The monoisotopic (exact) mass is 423 g/mol. The molecule has 3 rings (SSSR count). The molecule has 10 heteroatoms. The Kier molecular flexibility index (Phi) is 6.50. The molecule has 7 nitrogen and oxygen atoms in total. The predicted octanol–water partition coefficient (Wildman–Crippen LogP) is 3.68. The van der Waals surface area contributed by atoms with Gasteiger partial charge in [0.05, 0.1) is 12.3 Å². The predicted molar refractivity (Wildman–Crippen MR) is 107 cm³/mol. The molecule has 0 bridgehead atoms. The van der Waals surface area contributed by atoms with E-state index in [4.69, 9.17) is 11.6 Å². The molecule has 0 fully saturated rings. The average Bonchev–Trinajstić information content (AvgIpc) is 3.21. The van der Waals surface area contributed by atoms with Gasteiger partial charge in [-0.1, -0.05) is 0 Å². The Bertz CT molecular complexity index is 917. The van der Waals surface area contributed by atoms with Crippen molar-refractivity contribution in [2.24, 2.45) is 0 Å². The Balaban J connectivity index is 1.73. The number of H-pyrrole nitrogens is 1. The van der Waals surface area contributed by atoms with E-state index in [1.54, 1.807) is 24.5 Å². The van der Waals surface area contributed by atoms with Crippen molar-refractivity contribution in [1.82, 2.24) is 15.2 Å². The number of hydrogen-bond donors (Lipinski definition) is 3. The third-order valence-electron chi connectivity index (χ3n) is 4.10. The molecule has 0 amide bonds. The lowest BCUT2D eigenvalue weighted by atomic mass is 10.1. The topological polar surface area (TPSA) is 86.3 Å². The number of halogens is 3. The van der Waals surface area contributed by atoms with E-state index in [0.29, 0.717) is 13.1 Å². The third kappa shape index (κ3) is 5.78. The number of nitrogens with zero attached hydrogens (tertiary/aromatic N) is 3. The summed E-state index contributed by atoms with van der Waals surface area (Å²) in [6, 6.07) is 9.85. The van der Waals surface area contributed by atoms with E-state index in [2.05, 4.69) is 25.2 Å². The maximum Gasteiger partial charge on any atom is 0.487 e. The highest BCUT2D eigenvalue weighted by Crippen LogP contribution is 2.29. The van der Waals surface area contributed by atoms with Crippen molar-refractivity contribution in [3.8, 4) is 17.0 Å². The van der Waals surface area contributed by atoms with Crippen LogP contribution in [0.3, 0.4) is 0 Å². The van der Waals surface area contributed by atoms with Crippen molar-refractivity contribution in [1.29, 1.82) is 0 Å². The SMILES string of the molecule is CN(CCO)c1ncc(CNc2ccc(OC(F)(F)Cl)cc2)cc1-c1ccn[nH]1. The van der Waals surface area contributed by atoms with E-state index in [1.165, 1.54) is 12.1 Å². The number of nitrogens with one attached hydrogen (secondary N) is 2. The van der Waals surface area contributed by atoms with E-state index in [-0.39, 0.29) is 12.4 Å². The molecule has 0 radical (unpaired) electrons. The van der Waals surface area contributed by atoms with E-state index < -0.39 is 5.57 Å². The first-order valence-electron chi connectivity index (χ1n) is 8.76. The summed E-state index contributed by atoms with van der Waals surface area (Å²) >= 11 is 4.76. The lowest BCUT2D eigenvalue weighted by molar-refractivity contribution is -0.0964. The maximum atomic E-state index is 12.7. The number of hydrogen-bond acceptors (Lipinski definition) is 6. The highest BCUT2D eigenvalue weighted by atomic mass is 35.5. The number of aromatic nitrogens is 3. The molecule has 0 atom stereocenters. The van der Waals surface area contributed by atoms with Crippen LogP contribution in [0.25, 0.3) is 11.3 Å². The minimum Gasteiger partial charge on any atom is -0.420 e. The Morgan fingerprint density at radius 2 is 2.03 bits per heavy atom. The number of likely N-dealkylation sites (N-methyl/N-ethyl adjacent to an activating group) is 1. The van der Waals surface area contributed by atoms with Crippen LogP contribution in [0, 0.1) is 0 Å². The second-order valence-electron chi connectivity index (χ2n) is 6.26. The Hall–Kier alpha value is -2.91. The van der Waals surface area contributed by atoms with Crippen molar-refractivity contribution < 1.29 is 18.6 Å². The summed E-state index contributed by atoms with van der Waals surface area (Å²) in [7, 11) is 1.85. The van der Waals surface area contributed by atoms with Gasteiger partial charge in [-0.3, -0.25) is 5.10 Å². The summed E-state index contributed by atoms with van der Waals surface area (Å²) in [5.41, 5.74) is -0.453. The molecule has 0 aliphatic heterocycles. The Morgan fingerprint density at radius 3 is 2.66 bits per heavy atom. The first-order chi connectivity index (χ1) is 13.9. The lowest BCUT2D eigenvalue weighted by Crippen LogP contribution is -2.23. The fourth-order valence-electron chi connectivity index (χ4n) is 2.74. The molecule has 2 heterocycles. The summed E-state index contributed by atoms with van der Waals surface area (Å²) < 4.78 is 29.6. The van der Waals surface area contributed by atoms with Crippen LogP contribution in [0.2, 0.25) is 0 Å². The number of rotatable bonds is 9. The highest BCUT2D eigenvalue weighted by Gasteiger charge is 2.27. The normalized spacial score (nSPS) is 11.3. The molecule has 0 spiro atoms. The van der Waals surface area contributed by atoms with Gasteiger partial charge in [-0.25, -0.2) is 4.98 Å². The minimum absolute atomic E-state index is 0.0132. The number of pyridine rings is 1. The van der Waals surface area contributed by atoms with Crippen molar-refractivity contribution >= 4 is 23.1 Å². The summed E-state index contributed by atoms with van der Waals surface area (Å²) in [6.07, 6.45) is 3.39.